The largest absolute Gasteiger partial charge is 0.481 e. The Morgan fingerprint density at radius 3 is 1.36 bits per heavy atom. The second-order valence-electron chi connectivity index (χ2n) is 10.4. The van der Waals surface area contributed by atoms with Gasteiger partial charge in [-0.15, -0.1) is 0 Å². The number of aliphatic carboxylic acids is 1. The molecule has 0 bridgehead atoms. The smallest absolute Gasteiger partial charge is 0.352 e. The summed E-state index contributed by atoms with van der Waals surface area (Å²) in [6, 6.07) is 0. The van der Waals surface area contributed by atoms with Crippen molar-refractivity contribution in [3.8, 4) is 0 Å². The summed E-state index contributed by atoms with van der Waals surface area (Å²) in [5.74, 6) is -3.70. The average molecular weight is 559 g/mol. The maximum Gasteiger partial charge on any atom is 0.352 e. The molecule has 0 spiro atoms. The van der Waals surface area contributed by atoms with Crippen molar-refractivity contribution < 1.29 is 34.4 Å². The Balaban J connectivity index is 0. The lowest BCUT2D eigenvalue weighted by Crippen LogP contribution is -2.25. The predicted molar refractivity (Wildman–Crippen MR) is 155 cm³/mol. The summed E-state index contributed by atoms with van der Waals surface area (Å²) in [6.45, 7) is 5.42. The van der Waals surface area contributed by atoms with Crippen LogP contribution in [0.25, 0.3) is 0 Å². The molecule has 0 aliphatic heterocycles. The van der Waals surface area contributed by atoms with E-state index in [-0.39, 0.29) is 11.6 Å². The van der Waals surface area contributed by atoms with Crippen molar-refractivity contribution >= 4 is 23.5 Å². The molecule has 9 heteroatoms. The van der Waals surface area contributed by atoms with Gasteiger partial charge in [-0.3, -0.25) is 14.4 Å². The first-order valence-electron chi connectivity index (χ1n) is 15.3. The van der Waals surface area contributed by atoms with Crippen LogP contribution < -0.4 is 11.5 Å². The molecule has 0 amide bonds. The zero-order chi connectivity index (χ0) is 29.7. The minimum atomic E-state index is -0.979. The maximum absolute atomic E-state index is 12.0. The molecule has 0 fully saturated rings. The van der Waals surface area contributed by atoms with E-state index in [1.807, 2.05) is 0 Å². The third-order valence-corrected chi connectivity index (χ3v) is 6.90. The molecule has 2 unspecified atom stereocenters. The molecule has 0 aromatic rings. The second-order valence-corrected chi connectivity index (χ2v) is 10.4. The van der Waals surface area contributed by atoms with Gasteiger partial charge in [-0.1, -0.05) is 90.9 Å². The highest BCUT2D eigenvalue weighted by molar-refractivity contribution is 5.99. The molecule has 0 aliphatic rings. The number of hydrogen-bond acceptors (Lipinski definition) is 8. The third kappa shape index (κ3) is 23.7. The van der Waals surface area contributed by atoms with Crippen LogP contribution in [0, 0.1) is 11.8 Å². The summed E-state index contributed by atoms with van der Waals surface area (Å²) in [4.78, 5) is 50.0. The van der Waals surface area contributed by atoms with Crippen molar-refractivity contribution in [2.45, 2.75) is 142 Å². The topological polar surface area (TPSA) is 170 Å². The van der Waals surface area contributed by atoms with Crippen LogP contribution in [0.1, 0.15) is 142 Å². The van der Waals surface area contributed by atoms with Gasteiger partial charge < -0.3 is 21.5 Å². The number of carboxylic acid groups (broad SMARTS) is 1. The Kier molecular flexibility index (Phi) is 29.4. The van der Waals surface area contributed by atoms with Crippen LogP contribution in [-0.2, 0) is 24.1 Å². The van der Waals surface area contributed by atoms with Crippen LogP contribution in [0.3, 0.4) is 0 Å². The predicted octanol–water partition coefficient (Wildman–Crippen LogP) is 6.20. The summed E-state index contributed by atoms with van der Waals surface area (Å²) in [5, 5.41) is 17.5. The van der Waals surface area contributed by atoms with E-state index in [4.69, 9.17) is 21.8 Å². The van der Waals surface area contributed by atoms with Crippen molar-refractivity contribution in [3.05, 3.63) is 0 Å². The first-order chi connectivity index (χ1) is 18.8. The van der Waals surface area contributed by atoms with Gasteiger partial charge >= 0.3 is 11.9 Å². The second kappa shape index (κ2) is 29.2. The number of carbonyl (C=O) groups is 4. The number of nitrogens with two attached hydrogens (primary N) is 2. The van der Waals surface area contributed by atoms with Crippen molar-refractivity contribution in [3.63, 3.8) is 0 Å². The van der Waals surface area contributed by atoms with E-state index in [9.17, 15) is 19.2 Å². The Morgan fingerprint density at radius 1 is 0.590 bits per heavy atom. The number of unbranched alkanes of at least 4 members (excludes halogenated alkanes) is 12. The summed E-state index contributed by atoms with van der Waals surface area (Å²) >= 11 is 0. The lowest BCUT2D eigenvalue weighted by molar-refractivity contribution is -0.238. The van der Waals surface area contributed by atoms with Gasteiger partial charge in [0.2, 0.25) is 0 Å². The zero-order valence-electron chi connectivity index (χ0n) is 24.8. The lowest BCUT2D eigenvalue weighted by atomic mass is 9.93. The molecule has 0 radical (unpaired) electrons. The number of rotatable bonds is 26. The molecule has 0 aliphatic carbocycles. The molecular weight excluding hydrogens is 500 g/mol. The molecule has 9 nitrogen and oxygen atoms in total. The lowest BCUT2D eigenvalue weighted by Gasteiger charge is -2.12. The molecule has 0 aromatic carbocycles. The molecule has 0 heterocycles. The molecule has 0 aromatic heterocycles. The SMILES string of the molecule is CCCCCCCCC(=O)C(CCCCN)C(=O)O.CCCCCCCCC(=O)C(CCCCN)C(=O)OO. The highest BCUT2D eigenvalue weighted by Crippen LogP contribution is 2.17. The summed E-state index contributed by atoms with van der Waals surface area (Å²) < 4.78 is 0. The fourth-order valence-corrected chi connectivity index (χ4v) is 4.39. The van der Waals surface area contributed by atoms with Gasteiger partial charge in [0.1, 0.15) is 23.4 Å². The number of carboxylic acids is 1. The summed E-state index contributed by atoms with van der Waals surface area (Å²) in [5.41, 5.74) is 10.8. The van der Waals surface area contributed by atoms with E-state index >= 15 is 0 Å². The van der Waals surface area contributed by atoms with Crippen LogP contribution in [0.5, 0.6) is 0 Å². The minimum absolute atomic E-state index is 0.111. The van der Waals surface area contributed by atoms with Gasteiger partial charge in [0.15, 0.2) is 0 Å². The van der Waals surface area contributed by atoms with Crippen LogP contribution in [0.4, 0.5) is 0 Å². The standard InChI is InChI=1S/C15H29NO4.C15H29NO3/c1-2-3-4-5-6-7-11-14(17)13(15(18)20-19)10-8-9-12-16;1-2-3-4-5-6-7-11-14(17)13(15(18)19)10-8-9-12-16/h13,19H,2-12,16H2,1H3;13H,2-12,16H2,1H3,(H,18,19). The van der Waals surface area contributed by atoms with Crippen LogP contribution in [0.2, 0.25) is 0 Å². The molecular formula is C30H58N2O7. The maximum atomic E-state index is 12.0. The molecule has 6 N–H and O–H groups in total. The monoisotopic (exact) mass is 558 g/mol. The van der Waals surface area contributed by atoms with Crippen molar-refractivity contribution in [2.75, 3.05) is 13.1 Å². The van der Waals surface area contributed by atoms with E-state index in [1.165, 1.54) is 38.5 Å². The van der Waals surface area contributed by atoms with Gasteiger partial charge in [0, 0.05) is 12.8 Å². The quantitative estimate of drug-likeness (QED) is 0.0417. The third-order valence-electron chi connectivity index (χ3n) is 6.90. The number of carbonyl (C=O) groups excluding carboxylic acids is 3. The highest BCUT2D eigenvalue weighted by atomic mass is 17.1. The Labute approximate surface area is 236 Å². The van der Waals surface area contributed by atoms with Crippen LogP contribution >= 0.6 is 0 Å². The first kappa shape index (κ1) is 39.3. The molecule has 0 saturated carbocycles. The van der Waals surface area contributed by atoms with E-state index in [2.05, 4.69) is 18.7 Å². The van der Waals surface area contributed by atoms with Crippen LogP contribution in [0.15, 0.2) is 0 Å². The fraction of sp³-hybridized carbons (Fsp3) is 0.867. The van der Waals surface area contributed by atoms with E-state index in [0.29, 0.717) is 45.2 Å². The van der Waals surface area contributed by atoms with Gasteiger partial charge in [-0.25, -0.2) is 4.79 Å². The van der Waals surface area contributed by atoms with Crippen molar-refractivity contribution in [2.24, 2.45) is 23.3 Å². The molecule has 39 heavy (non-hydrogen) atoms. The van der Waals surface area contributed by atoms with E-state index in [0.717, 1.165) is 57.8 Å². The van der Waals surface area contributed by atoms with Gasteiger partial charge in [-0.2, -0.15) is 5.26 Å². The number of Topliss-reactive ketones (excluding diaryl/α,β-unsaturated/α-hetero) is 2. The Morgan fingerprint density at radius 2 is 0.974 bits per heavy atom. The fourth-order valence-electron chi connectivity index (χ4n) is 4.39. The molecule has 230 valence electrons. The van der Waals surface area contributed by atoms with E-state index in [1.54, 1.807) is 0 Å². The molecule has 0 saturated heterocycles. The number of hydrogen-bond donors (Lipinski definition) is 4. The normalized spacial score (nSPS) is 12.2. The highest BCUT2D eigenvalue weighted by Gasteiger charge is 2.27. The van der Waals surface area contributed by atoms with E-state index < -0.39 is 23.8 Å². The van der Waals surface area contributed by atoms with Crippen molar-refractivity contribution in [1.29, 1.82) is 0 Å². The molecule has 2 atom stereocenters. The van der Waals surface area contributed by atoms with Gasteiger partial charge in [0.25, 0.3) is 0 Å². The Bertz CT molecular complexity index is 628. The first-order valence-corrected chi connectivity index (χ1v) is 15.3. The zero-order valence-corrected chi connectivity index (χ0v) is 24.8. The molecule has 0 rings (SSSR count). The van der Waals surface area contributed by atoms with Crippen molar-refractivity contribution in [1.82, 2.24) is 0 Å². The Hall–Kier alpha value is -1.84. The summed E-state index contributed by atoms with van der Waals surface area (Å²) in [7, 11) is 0. The van der Waals surface area contributed by atoms with Gasteiger partial charge in [0.05, 0.1) is 0 Å². The summed E-state index contributed by atoms with van der Waals surface area (Å²) in [6.07, 6.45) is 17.8. The van der Waals surface area contributed by atoms with Gasteiger partial charge in [-0.05, 0) is 51.6 Å². The minimum Gasteiger partial charge on any atom is -0.481 e. The average Bonchev–Trinajstić information content (AvgIpc) is 2.92. The number of ketones is 2. The van der Waals surface area contributed by atoms with Crippen LogP contribution in [-0.4, -0.2) is 47.0 Å².